The third-order valence-corrected chi connectivity index (χ3v) is 2.33. The smallest absolute Gasteiger partial charge is 0.325 e. The van der Waals surface area contributed by atoms with Crippen LogP contribution in [0, 0.1) is 6.92 Å². The van der Waals surface area contributed by atoms with Crippen molar-refractivity contribution in [2.24, 2.45) is 5.73 Å². The third kappa shape index (κ3) is 2.98. The van der Waals surface area contributed by atoms with Crippen molar-refractivity contribution in [2.45, 2.75) is 13.5 Å². The van der Waals surface area contributed by atoms with Crippen molar-refractivity contribution in [3.8, 4) is 0 Å². The van der Waals surface area contributed by atoms with E-state index in [1.54, 1.807) is 0 Å². The van der Waals surface area contributed by atoms with Crippen molar-refractivity contribution in [2.75, 3.05) is 7.05 Å². The number of imide groups is 1. The first kappa shape index (κ1) is 12.0. The average Bonchev–Trinajstić information content (AvgIpc) is 2.26. The number of nitrogens with one attached hydrogen (secondary N) is 1. The standard InChI is InChI=1S/C11H15N3O2/c1-8-5-3-4-6-9(8)7-13-11(16)14(2)10(12)15/h3-6H,7H2,1-2H3,(H2,12,15)(H,13,16). The van der Waals surface area contributed by atoms with E-state index >= 15 is 0 Å². The zero-order valence-corrected chi connectivity index (χ0v) is 9.36. The van der Waals surface area contributed by atoms with E-state index in [0.29, 0.717) is 6.54 Å². The second-order valence-electron chi connectivity index (χ2n) is 3.48. The van der Waals surface area contributed by atoms with E-state index in [9.17, 15) is 9.59 Å². The molecule has 0 bridgehead atoms. The van der Waals surface area contributed by atoms with Crippen molar-refractivity contribution in [1.29, 1.82) is 0 Å². The summed E-state index contributed by atoms with van der Waals surface area (Å²) < 4.78 is 0. The van der Waals surface area contributed by atoms with E-state index in [-0.39, 0.29) is 0 Å². The van der Waals surface area contributed by atoms with Gasteiger partial charge in [-0.3, -0.25) is 0 Å². The minimum Gasteiger partial charge on any atom is -0.351 e. The normalized spacial score (nSPS) is 9.62. The molecule has 0 atom stereocenters. The van der Waals surface area contributed by atoms with Gasteiger partial charge in [-0.05, 0) is 18.1 Å². The summed E-state index contributed by atoms with van der Waals surface area (Å²) in [6, 6.07) is 6.42. The lowest BCUT2D eigenvalue weighted by Crippen LogP contribution is -2.43. The zero-order valence-electron chi connectivity index (χ0n) is 9.36. The lowest BCUT2D eigenvalue weighted by atomic mass is 10.1. The number of primary amides is 1. The van der Waals surface area contributed by atoms with Crippen LogP contribution < -0.4 is 11.1 Å². The molecule has 1 rings (SSSR count). The van der Waals surface area contributed by atoms with Crippen molar-refractivity contribution >= 4 is 12.1 Å². The number of nitrogens with zero attached hydrogens (tertiary/aromatic N) is 1. The van der Waals surface area contributed by atoms with Crippen LogP contribution in [0.2, 0.25) is 0 Å². The minimum absolute atomic E-state index is 0.378. The SMILES string of the molecule is Cc1ccccc1CNC(=O)N(C)C(N)=O. The molecule has 16 heavy (non-hydrogen) atoms. The summed E-state index contributed by atoms with van der Waals surface area (Å²) >= 11 is 0. The van der Waals surface area contributed by atoms with E-state index < -0.39 is 12.1 Å². The first-order chi connectivity index (χ1) is 7.52. The summed E-state index contributed by atoms with van der Waals surface area (Å²) in [6.45, 7) is 2.34. The molecule has 0 saturated heterocycles. The molecule has 5 nitrogen and oxygen atoms in total. The number of urea groups is 2. The molecule has 0 spiro atoms. The van der Waals surface area contributed by atoms with Gasteiger partial charge in [-0.15, -0.1) is 0 Å². The monoisotopic (exact) mass is 221 g/mol. The fourth-order valence-electron chi connectivity index (χ4n) is 1.20. The fraction of sp³-hybridized carbons (Fsp3) is 0.273. The predicted molar refractivity (Wildman–Crippen MR) is 60.8 cm³/mol. The van der Waals surface area contributed by atoms with E-state index in [0.717, 1.165) is 16.0 Å². The largest absolute Gasteiger partial charge is 0.351 e. The highest BCUT2D eigenvalue weighted by atomic mass is 16.2. The minimum atomic E-state index is -0.776. The fourth-order valence-corrected chi connectivity index (χ4v) is 1.20. The van der Waals surface area contributed by atoms with Gasteiger partial charge < -0.3 is 11.1 Å². The number of aryl methyl sites for hydroxylation is 1. The number of carbonyl (C=O) groups excluding carboxylic acids is 2. The molecule has 86 valence electrons. The van der Waals surface area contributed by atoms with Crippen LogP contribution in [0.5, 0.6) is 0 Å². The zero-order chi connectivity index (χ0) is 12.1. The van der Waals surface area contributed by atoms with Gasteiger partial charge in [0.1, 0.15) is 0 Å². The molecule has 0 aliphatic heterocycles. The van der Waals surface area contributed by atoms with Crippen LogP contribution in [0.1, 0.15) is 11.1 Å². The van der Waals surface area contributed by atoms with Gasteiger partial charge in [0, 0.05) is 13.6 Å². The predicted octanol–water partition coefficient (Wildman–Crippen LogP) is 1.22. The summed E-state index contributed by atoms with van der Waals surface area (Å²) in [5.41, 5.74) is 7.06. The van der Waals surface area contributed by atoms with Gasteiger partial charge in [-0.1, -0.05) is 24.3 Å². The van der Waals surface area contributed by atoms with E-state index in [2.05, 4.69) is 5.32 Å². The lowest BCUT2D eigenvalue weighted by Gasteiger charge is -2.14. The van der Waals surface area contributed by atoms with Gasteiger partial charge in [-0.25, -0.2) is 14.5 Å². The maximum absolute atomic E-state index is 11.4. The van der Waals surface area contributed by atoms with Gasteiger partial charge in [0.15, 0.2) is 0 Å². The van der Waals surface area contributed by atoms with E-state index in [1.807, 2.05) is 31.2 Å². The Balaban J connectivity index is 2.56. The molecule has 0 heterocycles. The molecule has 1 aromatic carbocycles. The maximum atomic E-state index is 11.4. The van der Waals surface area contributed by atoms with E-state index in [4.69, 9.17) is 5.73 Å². The van der Waals surface area contributed by atoms with Crippen molar-refractivity contribution < 1.29 is 9.59 Å². The second-order valence-corrected chi connectivity index (χ2v) is 3.48. The number of hydrogen-bond donors (Lipinski definition) is 2. The highest BCUT2D eigenvalue weighted by Gasteiger charge is 2.12. The molecule has 1 aromatic rings. The van der Waals surface area contributed by atoms with Gasteiger partial charge >= 0.3 is 12.1 Å². The Labute approximate surface area is 94.2 Å². The van der Waals surface area contributed by atoms with Crippen LogP contribution in [-0.4, -0.2) is 24.0 Å². The number of rotatable bonds is 2. The Morgan fingerprint density at radius 1 is 1.38 bits per heavy atom. The summed E-state index contributed by atoms with van der Waals surface area (Å²) in [6.07, 6.45) is 0. The highest BCUT2D eigenvalue weighted by molar-refractivity contribution is 5.92. The van der Waals surface area contributed by atoms with Crippen molar-refractivity contribution in [3.63, 3.8) is 0 Å². The van der Waals surface area contributed by atoms with Crippen LogP contribution in [0.25, 0.3) is 0 Å². The van der Waals surface area contributed by atoms with Crippen LogP contribution >= 0.6 is 0 Å². The Morgan fingerprint density at radius 3 is 2.56 bits per heavy atom. The van der Waals surface area contributed by atoms with Crippen molar-refractivity contribution in [1.82, 2.24) is 10.2 Å². The molecule has 0 unspecified atom stereocenters. The number of hydrogen-bond acceptors (Lipinski definition) is 2. The number of amides is 4. The number of benzene rings is 1. The van der Waals surface area contributed by atoms with Gasteiger partial charge in [-0.2, -0.15) is 0 Å². The van der Waals surface area contributed by atoms with Gasteiger partial charge in [0.05, 0.1) is 0 Å². The Bertz CT molecular complexity index is 404. The Kier molecular flexibility index (Phi) is 3.88. The number of carbonyl (C=O) groups is 2. The lowest BCUT2D eigenvalue weighted by molar-refractivity contribution is 0.199. The Morgan fingerprint density at radius 2 is 2.00 bits per heavy atom. The second kappa shape index (κ2) is 5.16. The van der Waals surface area contributed by atoms with E-state index in [1.165, 1.54) is 7.05 Å². The average molecular weight is 221 g/mol. The van der Waals surface area contributed by atoms with Crippen molar-refractivity contribution in [3.05, 3.63) is 35.4 Å². The van der Waals surface area contributed by atoms with Gasteiger partial charge in [0.2, 0.25) is 0 Å². The topological polar surface area (TPSA) is 75.4 Å². The molecule has 0 aliphatic carbocycles. The van der Waals surface area contributed by atoms with Crippen LogP contribution in [0.3, 0.4) is 0 Å². The maximum Gasteiger partial charge on any atom is 0.325 e. The Hall–Kier alpha value is -2.04. The third-order valence-electron chi connectivity index (χ3n) is 2.33. The van der Waals surface area contributed by atoms with Crippen LogP contribution in [0.4, 0.5) is 9.59 Å². The summed E-state index contributed by atoms with van der Waals surface area (Å²) in [4.78, 5) is 22.9. The molecule has 4 amide bonds. The number of nitrogens with two attached hydrogens (primary N) is 1. The summed E-state index contributed by atoms with van der Waals surface area (Å²) in [5.74, 6) is 0. The summed E-state index contributed by atoms with van der Waals surface area (Å²) in [7, 11) is 1.33. The molecular formula is C11H15N3O2. The molecule has 0 aromatic heterocycles. The molecule has 0 radical (unpaired) electrons. The first-order valence-corrected chi connectivity index (χ1v) is 4.88. The molecule has 0 fully saturated rings. The van der Waals surface area contributed by atoms with Gasteiger partial charge in [0.25, 0.3) is 0 Å². The first-order valence-electron chi connectivity index (χ1n) is 4.88. The molecule has 3 N–H and O–H groups in total. The van der Waals surface area contributed by atoms with Crippen LogP contribution in [-0.2, 0) is 6.54 Å². The quantitative estimate of drug-likeness (QED) is 0.787. The molecule has 0 aliphatic rings. The highest BCUT2D eigenvalue weighted by Crippen LogP contribution is 2.06. The molecule has 5 heteroatoms. The molecular weight excluding hydrogens is 206 g/mol. The summed E-state index contributed by atoms with van der Waals surface area (Å²) in [5, 5.41) is 2.61. The molecule has 0 saturated carbocycles. The van der Waals surface area contributed by atoms with Crippen LogP contribution in [0.15, 0.2) is 24.3 Å².